The highest BCUT2D eigenvalue weighted by Crippen LogP contribution is 2.29. The van der Waals surface area contributed by atoms with Crippen molar-refractivity contribution in [2.45, 2.75) is 25.9 Å². The molecule has 0 atom stereocenters. The number of benzene rings is 2. The van der Waals surface area contributed by atoms with Crippen molar-refractivity contribution in [3.8, 4) is 11.5 Å². The van der Waals surface area contributed by atoms with Crippen molar-refractivity contribution >= 4 is 29.0 Å². The Morgan fingerprint density at radius 1 is 1.07 bits per heavy atom. The molecule has 4 rings (SSSR count). The minimum atomic E-state index is -0.158. The number of thioether (sulfide) groups is 1. The summed E-state index contributed by atoms with van der Waals surface area (Å²) in [6.07, 6.45) is 0. The third kappa shape index (κ3) is 4.44. The molecule has 0 aliphatic rings. The van der Waals surface area contributed by atoms with Crippen molar-refractivity contribution in [2.24, 2.45) is 0 Å². The maximum Gasteiger partial charge on any atom is 0.234 e. The number of ether oxygens (including phenoxy) is 1. The highest BCUT2D eigenvalue weighted by molar-refractivity contribution is 7.99. The number of carbonyl (C=O) groups is 1. The number of anilines is 1. The molecule has 2 aromatic heterocycles. The average Bonchev–Trinajstić information content (AvgIpc) is 3.13. The highest BCUT2D eigenvalue weighted by atomic mass is 32.2. The Hall–Kier alpha value is -3.39. The lowest BCUT2D eigenvalue weighted by Crippen LogP contribution is -2.15. The summed E-state index contributed by atoms with van der Waals surface area (Å²) < 4.78 is 7.79. The van der Waals surface area contributed by atoms with E-state index in [2.05, 4.69) is 20.5 Å². The highest BCUT2D eigenvalue weighted by Gasteiger charge is 2.13. The van der Waals surface area contributed by atoms with E-state index in [4.69, 9.17) is 4.74 Å². The fourth-order valence-corrected chi connectivity index (χ4v) is 3.79. The number of hydrogen-bond acceptors (Lipinski definition) is 6. The van der Waals surface area contributed by atoms with Crippen LogP contribution in [0.5, 0.6) is 11.5 Å². The average molecular weight is 420 g/mol. The van der Waals surface area contributed by atoms with Crippen LogP contribution in [0.1, 0.15) is 17.1 Å². The Labute approximate surface area is 178 Å². The Kier molecular flexibility index (Phi) is 5.67. The van der Waals surface area contributed by atoms with Gasteiger partial charge in [0, 0.05) is 11.8 Å². The molecule has 1 N–H and O–H groups in total. The molecule has 0 aliphatic heterocycles. The molecule has 1 amide bonds. The van der Waals surface area contributed by atoms with Gasteiger partial charge in [0.05, 0.1) is 11.4 Å². The number of nitrogens with one attached hydrogen (secondary N) is 1. The zero-order valence-electron chi connectivity index (χ0n) is 16.9. The second kappa shape index (κ2) is 8.54. The Balaban J connectivity index is 1.44. The third-order valence-electron chi connectivity index (χ3n) is 4.40. The van der Waals surface area contributed by atoms with Gasteiger partial charge in [0.1, 0.15) is 11.6 Å². The summed E-state index contributed by atoms with van der Waals surface area (Å²) in [7, 11) is 0. The van der Waals surface area contributed by atoms with E-state index in [0.717, 1.165) is 22.7 Å². The number of aromatic nitrogens is 4. The lowest BCUT2D eigenvalue weighted by Gasteiger charge is -2.12. The van der Waals surface area contributed by atoms with E-state index in [0.29, 0.717) is 22.3 Å². The van der Waals surface area contributed by atoms with E-state index in [1.807, 2.05) is 79.8 Å². The SMILES string of the molecule is Cc1ccc(Oc2ccccc2NC(=O)CSc2nnc3cc(C)nc(C)n23)cc1. The van der Waals surface area contributed by atoms with Crippen LogP contribution in [0, 0.1) is 20.8 Å². The van der Waals surface area contributed by atoms with Crippen molar-refractivity contribution in [2.75, 3.05) is 11.1 Å². The number of para-hydroxylation sites is 2. The maximum atomic E-state index is 12.6. The monoisotopic (exact) mass is 419 g/mol. The first-order chi connectivity index (χ1) is 14.5. The largest absolute Gasteiger partial charge is 0.455 e. The summed E-state index contributed by atoms with van der Waals surface area (Å²) in [6.45, 7) is 5.83. The maximum absolute atomic E-state index is 12.6. The van der Waals surface area contributed by atoms with Gasteiger partial charge < -0.3 is 10.1 Å². The van der Waals surface area contributed by atoms with Crippen LogP contribution in [-0.4, -0.2) is 31.2 Å². The van der Waals surface area contributed by atoms with Crippen molar-refractivity contribution in [1.82, 2.24) is 19.6 Å². The van der Waals surface area contributed by atoms with E-state index in [1.165, 1.54) is 11.8 Å². The van der Waals surface area contributed by atoms with Gasteiger partial charge in [-0.1, -0.05) is 41.6 Å². The molecule has 0 saturated carbocycles. The second-order valence-electron chi connectivity index (χ2n) is 6.87. The fourth-order valence-electron chi connectivity index (χ4n) is 3.01. The van der Waals surface area contributed by atoms with Crippen LogP contribution in [0.25, 0.3) is 5.65 Å². The minimum absolute atomic E-state index is 0.158. The van der Waals surface area contributed by atoms with Gasteiger partial charge in [-0.2, -0.15) is 0 Å². The summed E-state index contributed by atoms with van der Waals surface area (Å²) in [4.78, 5) is 17.0. The number of aryl methyl sites for hydroxylation is 3. The molecule has 152 valence electrons. The number of nitrogens with zero attached hydrogens (tertiary/aromatic N) is 4. The van der Waals surface area contributed by atoms with E-state index >= 15 is 0 Å². The molecule has 0 radical (unpaired) electrons. The second-order valence-corrected chi connectivity index (χ2v) is 7.81. The lowest BCUT2D eigenvalue weighted by atomic mass is 10.2. The van der Waals surface area contributed by atoms with Gasteiger partial charge >= 0.3 is 0 Å². The molecule has 30 heavy (non-hydrogen) atoms. The number of hydrogen-bond donors (Lipinski definition) is 1. The molecular weight excluding hydrogens is 398 g/mol. The smallest absolute Gasteiger partial charge is 0.234 e. The van der Waals surface area contributed by atoms with Gasteiger partial charge in [-0.15, -0.1) is 10.2 Å². The van der Waals surface area contributed by atoms with Crippen molar-refractivity contribution < 1.29 is 9.53 Å². The Morgan fingerprint density at radius 3 is 2.63 bits per heavy atom. The van der Waals surface area contributed by atoms with Crippen molar-refractivity contribution in [3.63, 3.8) is 0 Å². The molecule has 4 aromatic rings. The van der Waals surface area contributed by atoms with Crippen LogP contribution in [0.15, 0.2) is 59.8 Å². The van der Waals surface area contributed by atoms with Crippen molar-refractivity contribution in [1.29, 1.82) is 0 Å². The number of rotatable bonds is 6. The summed E-state index contributed by atoms with van der Waals surface area (Å²) >= 11 is 1.31. The zero-order chi connectivity index (χ0) is 21.1. The molecule has 2 aromatic carbocycles. The Bertz CT molecular complexity index is 1200. The molecule has 0 saturated heterocycles. The Morgan fingerprint density at radius 2 is 1.83 bits per heavy atom. The molecule has 0 aliphatic carbocycles. The minimum Gasteiger partial charge on any atom is -0.455 e. The quantitative estimate of drug-likeness (QED) is 0.461. The molecule has 7 nitrogen and oxygen atoms in total. The molecule has 2 heterocycles. The summed E-state index contributed by atoms with van der Waals surface area (Å²) in [5, 5.41) is 11.9. The predicted molar refractivity (Wildman–Crippen MR) is 117 cm³/mol. The molecule has 0 spiro atoms. The number of carbonyl (C=O) groups excluding carboxylic acids is 1. The van der Waals surface area contributed by atoms with Crippen molar-refractivity contribution in [3.05, 3.63) is 71.7 Å². The first-order valence-corrected chi connectivity index (χ1v) is 10.4. The van der Waals surface area contributed by atoms with Crippen LogP contribution < -0.4 is 10.1 Å². The van der Waals surface area contributed by atoms with E-state index in [-0.39, 0.29) is 11.7 Å². The van der Waals surface area contributed by atoms with Gasteiger partial charge in [-0.3, -0.25) is 9.20 Å². The van der Waals surface area contributed by atoms with Crippen LogP contribution in [0.2, 0.25) is 0 Å². The van der Waals surface area contributed by atoms with Crippen LogP contribution in [0.3, 0.4) is 0 Å². The predicted octanol–water partition coefficient (Wildman–Crippen LogP) is 4.57. The van der Waals surface area contributed by atoms with Gasteiger partial charge in [0.25, 0.3) is 0 Å². The summed E-state index contributed by atoms with van der Waals surface area (Å²) in [6, 6.07) is 17.0. The van der Waals surface area contributed by atoms with Crippen LogP contribution >= 0.6 is 11.8 Å². The molecule has 0 unspecified atom stereocenters. The molecule has 0 fully saturated rings. The summed E-state index contributed by atoms with van der Waals surface area (Å²) in [5.74, 6) is 2.12. The molecule has 8 heteroatoms. The fraction of sp³-hybridized carbons (Fsp3) is 0.182. The standard InChI is InChI=1S/C22H21N5O2S/c1-14-8-10-17(11-9-14)29-19-7-5-4-6-18(19)24-21(28)13-30-22-26-25-20-12-15(2)23-16(3)27(20)22/h4-12H,13H2,1-3H3,(H,24,28). The van der Waals surface area contributed by atoms with Gasteiger partial charge in [0.15, 0.2) is 16.6 Å². The van der Waals surface area contributed by atoms with Crippen LogP contribution in [0.4, 0.5) is 5.69 Å². The van der Waals surface area contributed by atoms with E-state index in [9.17, 15) is 4.79 Å². The normalized spacial score (nSPS) is 10.9. The molecule has 0 bridgehead atoms. The van der Waals surface area contributed by atoms with Gasteiger partial charge in [-0.25, -0.2) is 4.98 Å². The van der Waals surface area contributed by atoms with Gasteiger partial charge in [-0.05, 0) is 45.0 Å². The molecular formula is C22H21N5O2S. The first kappa shape index (κ1) is 19.9. The topological polar surface area (TPSA) is 81.4 Å². The lowest BCUT2D eigenvalue weighted by molar-refractivity contribution is -0.113. The number of amides is 1. The van der Waals surface area contributed by atoms with Gasteiger partial charge in [0.2, 0.25) is 5.91 Å². The summed E-state index contributed by atoms with van der Waals surface area (Å²) in [5.41, 5.74) is 3.37. The third-order valence-corrected chi connectivity index (χ3v) is 5.33. The van der Waals surface area contributed by atoms with E-state index in [1.54, 1.807) is 0 Å². The number of fused-ring (bicyclic) bond motifs is 1. The van der Waals surface area contributed by atoms with E-state index < -0.39 is 0 Å². The zero-order valence-corrected chi connectivity index (χ0v) is 17.7. The first-order valence-electron chi connectivity index (χ1n) is 9.45. The van der Waals surface area contributed by atoms with Crippen LogP contribution in [-0.2, 0) is 4.79 Å².